The number of sulfonamides is 1. The second-order valence-corrected chi connectivity index (χ2v) is 6.42. The van der Waals surface area contributed by atoms with Crippen molar-refractivity contribution >= 4 is 15.9 Å². The summed E-state index contributed by atoms with van der Waals surface area (Å²) in [4.78, 5) is 11.1. The van der Waals surface area contributed by atoms with Crippen LogP contribution < -0.4 is 11.5 Å². The molecule has 0 aliphatic carbocycles. The van der Waals surface area contributed by atoms with Crippen molar-refractivity contribution in [3.05, 3.63) is 29.8 Å². The van der Waals surface area contributed by atoms with E-state index in [0.29, 0.717) is 6.42 Å². The van der Waals surface area contributed by atoms with Crippen LogP contribution in [0, 0.1) is 0 Å². The number of hydrogen-bond donors (Lipinski definition) is 2. The molecule has 0 aromatic heterocycles. The van der Waals surface area contributed by atoms with Gasteiger partial charge in [-0.3, -0.25) is 4.79 Å². The third-order valence-corrected chi connectivity index (χ3v) is 4.97. The zero-order chi connectivity index (χ0) is 15.3. The molecule has 0 bridgehead atoms. The molecule has 7 heteroatoms. The van der Waals surface area contributed by atoms with Gasteiger partial charge in [0.15, 0.2) is 0 Å². The monoisotopic (exact) mass is 299 g/mol. The van der Waals surface area contributed by atoms with Crippen LogP contribution in [0.25, 0.3) is 0 Å². The van der Waals surface area contributed by atoms with E-state index in [1.165, 1.54) is 6.07 Å². The summed E-state index contributed by atoms with van der Waals surface area (Å²) in [5.41, 5.74) is 11.7. The smallest absolute Gasteiger partial charge is 0.243 e. The molecule has 1 atom stereocenters. The molecular formula is C13H21N3O3S. The molecule has 6 nitrogen and oxygen atoms in total. The molecular weight excluding hydrogens is 278 g/mol. The van der Waals surface area contributed by atoms with Crippen molar-refractivity contribution < 1.29 is 13.2 Å². The van der Waals surface area contributed by atoms with Crippen LogP contribution in [-0.2, 0) is 14.8 Å². The number of rotatable bonds is 7. The Bertz CT molecular complexity index is 572. The molecule has 0 aliphatic rings. The number of carbonyl (C=O) groups excluding carboxylic acids is 1. The van der Waals surface area contributed by atoms with Crippen molar-refractivity contribution in [2.45, 2.75) is 31.2 Å². The average molecular weight is 299 g/mol. The summed E-state index contributed by atoms with van der Waals surface area (Å²) in [6.07, 6.45) is 0.711. The van der Waals surface area contributed by atoms with Gasteiger partial charge in [0.05, 0.1) is 11.4 Å². The molecule has 1 unspecified atom stereocenters. The Morgan fingerprint density at radius 2 is 2.00 bits per heavy atom. The zero-order valence-electron chi connectivity index (χ0n) is 11.7. The maximum Gasteiger partial charge on any atom is 0.243 e. The molecule has 1 aromatic rings. The Hall–Kier alpha value is -1.44. The lowest BCUT2D eigenvalue weighted by molar-refractivity contribution is -0.118. The van der Waals surface area contributed by atoms with Gasteiger partial charge in [-0.2, -0.15) is 4.31 Å². The molecule has 1 amide bonds. The Kier molecular flexibility index (Phi) is 5.67. The Morgan fingerprint density at radius 3 is 2.50 bits per heavy atom. The predicted octanol–water partition coefficient (Wildman–Crippen LogP) is 0.592. The minimum Gasteiger partial charge on any atom is -0.369 e. The number of nitrogens with two attached hydrogens (primary N) is 2. The van der Waals surface area contributed by atoms with Crippen LogP contribution >= 0.6 is 0 Å². The summed E-state index contributed by atoms with van der Waals surface area (Å²) in [5.74, 6) is -0.683. The van der Waals surface area contributed by atoms with Crippen molar-refractivity contribution in [1.29, 1.82) is 0 Å². The van der Waals surface area contributed by atoms with Crippen LogP contribution in [0.3, 0.4) is 0 Å². The predicted molar refractivity (Wildman–Crippen MR) is 77.3 cm³/mol. The first-order chi connectivity index (χ1) is 9.32. The van der Waals surface area contributed by atoms with Gasteiger partial charge < -0.3 is 11.5 Å². The van der Waals surface area contributed by atoms with Crippen molar-refractivity contribution in [3.8, 4) is 0 Å². The number of hydrogen-bond acceptors (Lipinski definition) is 4. The van der Waals surface area contributed by atoms with Crippen LogP contribution in [0.4, 0.5) is 0 Å². The number of primary amides is 1. The van der Waals surface area contributed by atoms with Crippen LogP contribution in [0.2, 0.25) is 0 Å². The van der Waals surface area contributed by atoms with Gasteiger partial charge in [0.25, 0.3) is 0 Å². The molecule has 0 aliphatic heterocycles. The van der Waals surface area contributed by atoms with Crippen molar-refractivity contribution in [1.82, 2.24) is 4.31 Å². The summed E-state index contributed by atoms with van der Waals surface area (Å²) >= 11 is 0. The van der Waals surface area contributed by atoms with E-state index >= 15 is 0 Å². The molecule has 0 fully saturated rings. The molecule has 20 heavy (non-hydrogen) atoms. The molecule has 0 radical (unpaired) electrons. The quantitative estimate of drug-likeness (QED) is 0.768. The van der Waals surface area contributed by atoms with Crippen molar-refractivity contribution in [3.63, 3.8) is 0 Å². The largest absolute Gasteiger partial charge is 0.369 e. The summed E-state index contributed by atoms with van der Waals surface area (Å²) in [6, 6.07) is 6.27. The molecule has 112 valence electrons. The molecule has 1 rings (SSSR count). The second-order valence-electron chi connectivity index (χ2n) is 4.48. The van der Waals surface area contributed by atoms with E-state index in [9.17, 15) is 13.2 Å². The van der Waals surface area contributed by atoms with Crippen LogP contribution in [-0.4, -0.2) is 31.7 Å². The first-order valence-corrected chi connectivity index (χ1v) is 7.90. The molecule has 1 aromatic carbocycles. The van der Waals surface area contributed by atoms with E-state index in [-0.39, 0.29) is 24.0 Å². The summed E-state index contributed by atoms with van der Waals surface area (Å²) in [6.45, 7) is 3.43. The van der Waals surface area contributed by atoms with E-state index in [4.69, 9.17) is 11.5 Å². The fourth-order valence-corrected chi connectivity index (χ4v) is 3.30. The first-order valence-electron chi connectivity index (χ1n) is 6.46. The van der Waals surface area contributed by atoms with Gasteiger partial charge in [-0.25, -0.2) is 8.42 Å². The molecule has 4 N–H and O–H groups in total. The first kappa shape index (κ1) is 16.6. The number of likely N-dealkylation sites (N-methyl/N-ethyl adjacent to an activating group) is 1. The molecule has 0 saturated heterocycles. The zero-order valence-corrected chi connectivity index (χ0v) is 12.6. The Balaban J connectivity index is 3.17. The Labute approximate surface area is 119 Å². The highest BCUT2D eigenvalue weighted by Crippen LogP contribution is 2.21. The molecule has 0 spiro atoms. The third kappa shape index (κ3) is 3.78. The number of nitrogens with zero attached hydrogens (tertiary/aromatic N) is 1. The van der Waals surface area contributed by atoms with Gasteiger partial charge in [0.1, 0.15) is 0 Å². The number of amides is 1. The van der Waals surface area contributed by atoms with Crippen LogP contribution in [0.15, 0.2) is 29.2 Å². The van der Waals surface area contributed by atoms with E-state index < -0.39 is 15.9 Å². The highest BCUT2D eigenvalue weighted by molar-refractivity contribution is 7.89. The fourth-order valence-electron chi connectivity index (χ4n) is 1.83. The lowest BCUT2D eigenvalue weighted by Gasteiger charge is -2.19. The van der Waals surface area contributed by atoms with Crippen molar-refractivity contribution in [2.24, 2.45) is 11.5 Å². The van der Waals surface area contributed by atoms with Gasteiger partial charge in [-0.05, 0) is 24.1 Å². The third-order valence-electron chi connectivity index (χ3n) is 3.05. The van der Waals surface area contributed by atoms with E-state index in [0.717, 1.165) is 9.87 Å². The lowest BCUT2D eigenvalue weighted by atomic mass is 10.1. The van der Waals surface area contributed by atoms with E-state index in [1.54, 1.807) is 25.1 Å². The van der Waals surface area contributed by atoms with E-state index in [1.807, 2.05) is 6.92 Å². The summed E-state index contributed by atoms with van der Waals surface area (Å²) in [5, 5.41) is 0. The fraction of sp³-hybridized carbons (Fsp3) is 0.462. The van der Waals surface area contributed by atoms with Crippen LogP contribution in [0.1, 0.15) is 31.9 Å². The van der Waals surface area contributed by atoms with Gasteiger partial charge in [-0.1, -0.05) is 26.0 Å². The Morgan fingerprint density at radius 1 is 1.35 bits per heavy atom. The summed E-state index contributed by atoms with van der Waals surface area (Å²) < 4.78 is 25.9. The van der Waals surface area contributed by atoms with Gasteiger partial charge in [0.2, 0.25) is 15.9 Å². The standard InChI is InChI=1S/C13H21N3O3S/c1-3-12(14)10-6-5-7-11(8-10)20(18,19)16(4-2)9-13(15)17/h5-8,12H,3-4,9,14H2,1-2H3,(H2,15,17). The molecule has 0 heterocycles. The maximum absolute atomic E-state index is 12.4. The van der Waals surface area contributed by atoms with E-state index in [2.05, 4.69) is 0 Å². The average Bonchev–Trinajstić information content (AvgIpc) is 2.43. The number of carbonyl (C=O) groups is 1. The summed E-state index contributed by atoms with van der Waals surface area (Å²) in [7, 11) is -3.73. The topological polar surface area (TPSA) is 106 Å². The SMILES string of the molecule is CCC(N)c1cccc(S(=O)(=O)N(CC)CC(N)=O)c1. The number of benzene rings is 1. The normalized spacial score (nSPS) is 13.4. The van der Waals surface area contributed by atoms with Crippen LogP contribution in [0.5, 0.6) is 0 Å². The second kappa shape index (κ2) is 6.83. The van der Waals surface area contributed by atoms with Crippen molar-refractivity contribution in [2.75, 3.05) is 13.1 Å². The lowest BCUT2D eigenvalue weighted by Crippen LogP contribution is -2.38. The highest BCUT2D eigenvalue weighted by Gasteiger charge is 2.24. The maximum atomic E-state index is 12.4. The van der Waals surface area contributed by atoms with Gasteiger partial charge in [0, 0.05) is 12.6 Å². The van der Waals surface area contributed by atoms with Gasteiger partial charge >= 0.3 is 0 Å². The van der Waals surface area contributed by atoms with Gasteiger partial charge in [-0.15, -0.1) is 0 Å². The molecule has 0 saturated carbocycles. The highest BCUT2D eigenvalue weighted by atomic mass is 32.2. The minimum atomic E-state index is -3.73. The minimum absolute atomic E-state index is 0.127.